The van der Waals surface area contributed by atoms with Crippen molar-refractivity contribution in [2.24, 2.45) is 12.8 Å². The van der Waals surface area contributed by atoms with Crippen molar-refractivity contribution in [3.63, 3.8) is 0 Å². The quantitative estimate of drug-likeness (QED) is 0.316. The number of fused-ring (bicyclic) bond motifs is 1. The molecule has 4 aromatic rings. The number of aliphatic hydroxyl groups is 1. The first-order valence-corrected chi connectivity index (χ1v) is 16.6. The second-order valence-electron chi connectivity index (χ2n) is 11.7. The average Bonchev–Trinajstić information content (AvgIpc) is 3.33. The van der Waals surface area contributed by atoms with Crippen LogP contribution >= 0.6 is 11.6 Å². The number of halogens is 1. The number of likely N-dealkylation sites (tertiary alicyclic amines) is 1. The first-order chi connectivity index (χ1) is 20.5. The van der Waals surface area contributed by atoms with Gasteiger partial charge in [0.1, 0.15) is 5.52 Å². The first kappa shape index (κ1) is 29.8. The molecule has 228 valence electrons. The van der Waals surface area contributed by atoms with E-state index >= 15 is 0 Å². The SMILES string of the molecule is Cn1nc2c(=O)n(CC3(O)CCN(Cc4ccc(N5CCS(=O)(=O)CC5)cc4Cl)CC3)cnc2c1-c1ccc(CN)cc1. The Morgan fingerprint density at radius 3 is 2.37 bits per heavy atom. The molecule has 0 unspecified atom stereocenters. The van der Waals surface area contributed by atoms with Crippen molar-refractivity contribution in [1.29, 1.82) is 0 Å². The smallest absolute Gasteiger partial charge is 0.281 e. The fraction of sp³-hybridized carbons (Fsp3) is 0.433. The lowest BCUT2D eigenvalue weighted by molar-refractivity contribution is -0.0364. The van der Waals surface area contributed by atoms with Gasteiger partial charge in [-0.3, -0.25) is 18.9 Å². The van der Waals surface area contributed by atoms with Gasteiger partial charge in [0.2, 0.25) is 0 Å². The van der Waals surface area contributed by atoms with E-state index in [1.807, 2.05) is 42.5 Å². The zero-order valence-corrected chi connectivity index (χ0v) is 25.7. The van der Waals surface area contributed by atoms with Gasteiger partial charge in [-0.25, -0.2) is 13.4 Å². The van der Waals surface area contributed by atoms with Gasteiger partial charge in [-0.05, 0) is 36.1 Å². The topological polar surface area (TPSA) is 140 Å². The van der Waals surface area contributed by atoms with Gasteiger partial charge in [-0.15, -0.1) is 0 Å². The molecule has 0 radical (unpaired) electrons. The Bertz CT molecular complexity index is 1800. The summed E-state index contributed by atoms with van der Waals surface area (Å²) < 4.78 is 26.7. The van der Waals surface area contributed by atoms with Crippen molar-refractivity contribution in [1.82, 2.24) is 24.2 Å². The van der Waals surface area contributed by atoms with Gasteiger partial charge < -0.3 is 15.7 Å². The number of aromatic nitrogens is 4. The number of anilines is 1. The molecule has 11 nitrogen and oxygen atoms in total. The molecule has 0 spiro atoms. The maximum absolute atomic E-state index is 13.4. The summed E-state index contributed by atoms with van der Waals surface area (Å²) in [5.74, 6) is 0.317. The van der Waals surface area contributed by atoms with Gasteiger partial charge in [-0.1, -0.05) is 41.9 Å². The van der Waals surface area contributed by atoms with Crippen LogP contribution in [-0.4, -0.2) is 81.0 Å². The Balaban J connectivity index is 1.11. The van der Waals surface area contributed by atoms with Gasteiger partial charge in [0.25, 0.3) is 5.56 Å². The molecule has 43 heavy (non-hydrogen) atoms. The molecule has 4 heterocycles. The van der Waals surface area contributed by atoms with Gasteiger partial charge in [0.15, 0.2) is 15.4 Å². The summed E-state index contributed by atoms with van der Waals surface area (Å²) in [6.07, 6.45) is 2.50. The molecule has 0 bridgehead atoms. The Morgan fingerprint density at radius 2 is 1.72 bits per heavy atom. The predicted molar refractivity (Wildman–Crippen MR) is 168 cm³/mol. The molecule has 13 heteroatoms. The van der Waals surface area contributed by atoms with Crippen LogP contribution < -0.4 is 16.2 Å². The third-order valence-corrected chi connectivity index (χ3v) is 10.6. The van der Waals surface area contributed by atoms with Gasteiger partial charge in [-0.2, -0.15) is 5.10 Å². The standard InChI is InChI=1S/C30H36ClN7O4S/c1-35-28(22-4-2-21(17-32)3-5-22)26-27(34-35)29(39)38(20-33-26)19-30(40)8-10-36(11-9-30)18-23-6-7-24(16-25(23)31)37-12-14-43(41,42)15-13-37/h2-7,16,20,40H,8-15,17-19,32H2,1H3. The van der Waals surface area contributed by atoms with Crippen LogP contribution in [0, 0.1) is 0 Å². The Hall–Kier alpha value is -3.29. The molecular weight excluding hydrogens is 590 g/mol. The molecule has 6 rings (SSSR count). The Kier molecular flexibility index (Phi) is 8.07. The summed E-state index contributed by atoms with van der Waals surface area (Å²) in [6.45, 7) is 3.47. The molecule has 2 aromatic heterocycles. The Labute approximate surface area is 255 Å². The molecule has 2 fully saturated rings. The van der Waals surface area contributed by atoms with E-state index in [0.717, 1.165) is 28.1 Å². The number of piperidine rings is 1. The second-order valence-corrected chi connectivity index (χ2v) is 14.4. The minimum atomic E-state index is -2.95. The number of hydrogen-bond donors (Lipinski definition) is 2. The van der Waals surface area contributed by atoms with E-state index in [2.05, 4.69) is 19.9 Å². The van der Waals surface area contributed by atoms with Gasteiger partial charge in [0.05, 0.1) is 35.7 Å². The lowest BCUT2D eigenvalue weighted by atomic mass is 9.91. The van der Waals surface area contributed by atoms with Crippen LogP contribution in [0.3, 0.4) is 0 Å². The predicted octanol–water partition coefficient (Wildman–Crippen LogP) is 2.17. The third kappa shape index (κ3) is 6.20. The number of sulfone groups is 1. The summed E-state index contributed by atoms with van der Waals surface area (Å²) in [6, 6.07) is 13.7. The maximum atomic E-state index is 13.4. The minimum absolute atomic E-state index is 0.140. The van der Waals surface area contributed by atoms with Crippen molar-refractivity contribution < 1.29 is 13.5 Å². The number of benzene rings is 2. The molecule has 0 saturated carbocycles. The van der Waals surface area contributed by atoms with Crippen molar-refractivity contribution >= 4 is 38.2 Å². The third-order valence-electron chi connectivity index (χ3n) is 8.67. The van der Waals surface area contributed by atoms with E-state index in [9.17, 15) is 18.3 Å². The van der Waals surface area contributed by atoms with Crippen LogP contribution in [0.5, 0.6) is 0 Å². The van der Waals surface area contributed by atoms with E-state index in [1.165, 1.54) is 10.9 Å². The zero-order chi connectivity index (χ0) is 30.4. The van der Waals surface area contributed by atoms with Crippen LogP contribution in [0.25, 0.3) is 22.3 Å². The minimum Gasteiger partial charge on any atom is -0.388 e. The summed E-state index contributed by atoms with van der Waals surface area (Å²) in [7, 11) is -1.16. The number of hydrogen-bond acceptors (Lipinski definition) is 9. The van der Waals surface area contributed by atoms with Crippen LogP contribution in [0.4, 0.5) is 5.69 Å². The van der Waals surface area contributed by atoms with Crippen molar-refractivity contribution in [2.45, 2.75) is 38.1 Å². The number of aryl methyl sites for hydroxylation is 1. The number of rotatable bonds is 7. The zero-order valence-electron chi connectivity index (χ0n) is 24.1. The molecular formula is C30H36ClN7O4S. The molecule has 2 aromatic carbocycles. The van der Waals surface area contributed by atoms with Crippen molar-refractivity contribution in [3.8, 4) is 11.3 Å². The number of nitrogens with two attached hydrogens (primary N) is 1. The van der Waals surface area contributed by atoms with E-state index < -0.39 is 15.4 Å². The highest BCUT2D eigenvalue weighted by Gasteiger charge is 2.34. The molecule has 0 amide bonds. The van der Waals surface area contributed by atoms with E-state index in [1.54, 1.807) is 11.7 Å². The van der Waals surface area contributed by atoms with Crippen LogP contribution in [-0.2, 0) is 36.5 Å². The van der Waals surface area contributed by atoms with E-state index in [4.69, 9.17) is 17.3 Å². The molecule has 2 aliphatic heterocycles. The van der Waals surface area contributed by atoms with E-state index in [0.29, 0.717) is 62.6 Å². The first-order valence-electron chi connectivity index (χ1n) is 14.4. The fourth-order valence-corrected chi connectivity index (χ4v) is 7.44. The van der Waals surface area contributed by atoms with Crippen LogP contribution in [0.1, 0.15) is 24.0 Å². The lowest BCUT2D eigenvalue weighted by Gasteiger charge is -2.38. The molecule has 3 N–H and O–H groups in total. The Morgan fingerprint density at radius 1 is 1.02 bits per heavy atom. The van der Waals surface area contributed by atoms with E-state index in [-0.39, 0.29) is 29.1 Å². The monoisotopic (exact) mass is 625 g/mol. The number of nitrogens with zero attached hydrogens (tertiary/aromatic N) is 6. The van der Waals surface area contributed by atoms with Crippen LogP contribution in [0.15, 0.2) is 53.6 Å². The molecule has 0 atom stereocenters. The van der Waals surface area contributed by atoms with Gasteiger partial charge >= 0.3 is 0 Å². The van der Waals surface area contributed by atoms with Crippen LogP contribution in [0.2, 0.25) is 5.02 Å². The summed E-state index contributed by atoms with van der Waals surface area (Å²) in [4.78, 5) is 22.3. The molecule has 0 aliphatic carbocycles. The summed E-state index contributed by atoms with van der Waals surface area (Å²) >= 11 is 6.64. The lowest BCUT2D eigenvalue weighted by Crippen LogP contribution is -2.47. The normalized spacial score (nSPS) is 18.7. The van der Waals surface area contributed by atoms with Crippen molar-refractivity contribution in [3.05, 3.63) is 75.3 Å². The summed E-state index contributed by atoms with van der Waals surface area (Å²) in [5.41, 5.74) is 9.78. The second kappa shape index (κ2) is 11.7. The molecule has 2 aliphatic rings. The maximum Gasteiger partial charge on any atom is 0.281 e. The molecule has 2 saturated heterocycles. The largest absolute Gasteiger partial charge is 0.388 e. The fourth-order valence-electron chi connectivity index (χ4n) is 6.01. The average molecular weight is 626 g/mol. The highest BCUT2D eigenvalue weighted by atomic mass is 35.5. The summed E-state index contributed by atoms with van der Waals surface area (Å²) in [5, 5.41) is 16.6. The van der Waals surface area contributed by atoms with Crippen molar-refractivity contribution in [2.75, 3.05) is 42.6 Å². The van der Waals surface area contributed by atoms with Gasteiger partial charge in [0, 0.05) is 62.6 Å². The highest BCUT2D eigenvalue weighted by molar-refractivity contribution is 7.91. The highest BCUT2D eigenvalue weighted by Crippen LogP contribution is 2.30.